The zero-order valence-electron chi connectivity index (χ0n) is 19.7. The summed E-state index contributed by atoms with van der Waals surface area (Å²) in [4.78, 5) is 12.8. The molecule has 9 nitrogen and oxygen atoms in total. The molecule has 2 aromatic heterocycles. The monoisotopic (exact) mass is 510 g/mol. The molecule has 0 aliphatic rings. The summed E-state index contributed by atoms with van der Waals surface area (Å²) in [6, 6.07) is 13.5. The van der Waals surface area contributed by atoms with Crippen LogP contribution in [-0.4, -0.2) is 39.2 Å². The van der Waals surface area contributed by atoms with Crippen molar-refractivity contribution in [2.75, 3.05) is 12.4 Å². The van der Waals surface area contributed by atoms with Crippen LogP contribution in [0.1, 0.15) is 12.6 Å². The van der Waals surface area contributed by atoms with Crippen LogP contribution in [0.3, 0.4) is 0 Å². The van der Waals surface area contributed by atoms with E-state index in [1.807, 2.05) is 0 Å². The lowest BCUT2D eigenvalue weighted by molar-refractivity contribution is -0.274. The first-order chi connectivity index (χ1) is 17.7. The van der Waals surface area contributed by atoms with E-state index in [1.54, 1.807) is 48.3 Å². The van der Waals surface area contributed by atoms with Crippen molar-refractivity contribution < 1.29 is 22.6 Å². The van der Waals surface area contributed by atoms with Crippen LogP contribution in [0.25, 0.3) is 17.1 Å². The highest BCUT2D eigenvalue weighted by molar-refractivity contribution is 5.92. The molecule has 0 spiro atoms. The largest absolute Gasteiger partial charge is 0.573 e. The Bertz CT molecular complexity index is 1510. The number of anilines is 1. The van der Waals surface area contributed by atoms with Gasteiger partial charge in [0.25, 0.3) is 0 Å². The Morgan fingerprint density at radius 3 is 2.57 bits per heavy atom. The van der Waals surface area contributed by atoms with E-state index in [0.29, 0.717) is 17.0 Å². The Balaban J connectivity index is 1.75. The van der Waals surface area contributed by atoms with Crippen LogP contribution in [0.5, 0.6) is 11.5 Å². The van der Waals surface area contributed by atoms with E-state index in [4.69, 9.17) is 10.1 Å². The van der Waals surface area contributed by atoms with Crippen molar-refractivity contribution >= 4 is 17.6 Å². The summed E-state index contributed by atoms with van der Waals surface area (Å²) in [5, 5.41) is 19.3. The number of hydrogen-bond acceptors (Lipinski definition) is 7. The van der Waals surface area contributed by atoms with Crippen LogP contribution in [-0.2, 0) is 0 Å². The van der Waals surface area contributed by atoms with Crippen LogP contribution in [0.4, 0.5) is 18.9 Å². The van der Waals surface area contributed by atoms with Crippen LogP contribution < -0.4 is 20.2 Å². The molecule has 0 fully saturated rings. The molecule has 0 unspecified atom stereocenters. The lowest BCUT2D eigenvalue weighted by Crippen LogP contribution is -2.20. The van der Waals surface area contributed by atoms with Gasteiger partial charge >= 0.3 is 6.36 Å². The number of benzene rings is 2. The number of ether oxygens (including phenoxy) is 2. The minimum absolute atomic E-state index is 0.0520. The second kappa shape index (κ2) is 10.4. The second-order valence-corrected chi connectivity index (χ2v) is 7.68. The van der Waals surface area contributed by atoms with Crippen molar-refractivity contribution in [2.24, 2.45) is 0 Å². The molecule has 2 heterocycles. The molecule has 2 aromatic carbocycles. The first-order valence-corrected chi connectivity index (χ1v) is 10.8. The molecule has 12 heteroatoms. The van der Waals surface area contributed by atoms with Gasteiger partial charge in [-0.1, -0.05) is 6.07 Å². The van der Waals surface area contributed by atoms with E-state index < -0.39 is 17.5 Å². The fourth-order valence-corrected chi connectivity index (χ4v) is 3.47. The average molecular weight is 510 g/mol. The molecule has 0 aliphatic carbocycles. The molecular weight excluding hydrogens is 489 g/mol. The summed E-state index contributed by atoms with van der Waals surface area (Å²) in [6.45, 7) is 1.57. The minimum Gasteiger partial charge on any atom is -0.494 e. The number of allylic oxidation sites excluding steroid dienone is 1. The Morgan fingerprint density at radius 2 is 1.89 bits per heavy atom. The van der Waals surface area contributed by atoms with Crippen molar-refractivity contribution in [3.05, 3.63) is 94.7 Å². The van der Waals surface area contributed by atoms with Gasteiger partial charge in [0, 0.05) is 48.7 Å². The van der Waals surface area contributed by atoms with Gasteiger partial charge in [-0.05, 0) is 42.8 Å². The molecule has 0 amide bonds. The Morgan fingerprint density at radius 1 is 1.08 bits per heavy atom. The zero-order chi connectivity index (χ0) is 26.6. The maximum absolute atomic E-state index is 12.8. The van der Waals surface area contributed by atoms with E-state index in [1.165, 1.54) is 36.2 Å². The smallest absolute Gasteiger partial charge is 0.494 e. The Labute approximate surface area is 208 Å². The van der Waals surface area contributed by atoms with E-state index in [2.05, 4.69) is 20.3 Å². The number of rotatable bonds is 8. The predicted octanol–water partition coefficient (Wildman–Crippen LogP) is 4.82. The predicted molar refractivity (Wildman–Crippen MR) is 132 cm³/mol. The van der Waals surface area contributed by atoms with Gasteiger partial charge in [0.15, 0.2) is 5.69 Å². The van der Waals surface area contributed by atoms with Gasteiger partial charge in [-0.25, -0.2) is 9.36 Å². The highest BCUT2D eigenvalue weighted by Gasteiger charge is 2.31. The molecule has 0 aliphatic heterocycles. The number of aromatic nitrogens is 4. The van der Waals surface area contributed by atoms with Crippen molar-refractivity contribution in [1.29, 1.82) is 5.41 Å². The van der Waals surface area contributed by atoms with E-state index in [9.17, 15) is 18.0 Å². The number of nitrogens with one attached hydrogen (secondary N) is 2. The molecule has 2 N–H and O–H groups in total. The van der Waals surface area contributed by atoms with Gasteiger partial charge < -0.3 is 20.2 Å². The molecule has 0 saturated carbocycles. The quantitative estimate of drug-likeness (QED) is 0.329. The van der Waals surface area contributed by atoms with Crippen LogP contribution in [0.2, 0.25) is 0 Å². The number of nitrogens with zero attached hydrogens (tertiary/aromatic N) is 4. The van der Waals surface area contributed by atoms with Gasteiger partial charge in [0.05, 0.1) is 18.5 Å². The number of methoxy groups -OCH3 is 1. The van der Waals surface area contributed by atoms with Crippen molar-refractivity contribution in [1.82, 2.24) is 19.6 Å². The fourth-order valence-electron chi connectivity index (χ4n) is 3.47. The standard InChI is InChI=1S/C25H21F3N6O3/c1-16(15-29)23(31-17-5-3-6-19(13-17)37-25(26,27)28)24-21(35)9-12-34(32-24)20-8-7-18(14-22(20)36-2)33-11-4-10-30-33/h3-15,29,31H,1-2H3/b23-16-,29-15?. The molecule has 4 rings (SSSR count). The summed E-state index contributed by atoms with van der Waals surface area (Å²) in [5.74, 6) is 0.0131. The lowest BCUT2D eigenvalue weighted by atomic mass is 10.1. The highest BCUT2D eigenvalue weighted by atomic mass is 19.4. The minimum atomic E-state index is -4.86. The third-order valence-corrected chi connectivity index (χ3v) is 5.17. The topological polar surface area (TPSA) is 107 Å². The molecule has 0 bridgehead atoms. The number of hydrogen-bond donors (Lipinski definition) is 2. The van der Waals surface area contributed by atoms with Crippen LogP contribution in [0.15, 0.2) is 83.6 Å². The summed E-state index contributed by atoms with van der Waals surface area (Å²) in [5.41, 5.74) is 1.42. The van der Waals surface area contributed by atoms with Crippen LogP contribution in [0, 0.1) is 5.41 Å². The van der Waals surface area contributed by atoms with E-state index in [-0.39, 0.29) is 17.1 Å². The van der Waals surface area contributed by atoms with E-state index in [0.717, 1.165) is 24.0 Å². The first kappa shape index (κ1) is 25.2. The third-order valence-electron chi connectivity index (χ3n) is 5.17. The molecule has 190 valence electrons. The maximum Gasteiger partial charge on any atom is 0.573 e. The van der Waals surface area contributed by atoms with E-state index >= 15 is 0 Å². The van der Waals surface area contributed by atoms with Crippen molar-refractivity contribution in [3.63, 3.8) is 0 Å². The molecule has 0 radical (unpaired) electrons. The Kier molecular flexibility index (Phi) is 7.09. The van der Waals surface area contributed by atoms with Crippen LogP contribution >= 0.6 is 0 Å². The molecule has 0 saturated heterocycles. The molecular formula is C25H21F3N6O3. The maximum atomic E-state index is 12.8. The van der Waals surface area contributed by atoms with Crippen molar-refractivity contribution in [3.8, 4) is 22.9 Å². The van der Waals surface area contributed by atoms with Gasteiger partial charge in [-0.3, -0.25) is 4.79 Å². The molecule has 37 heavy (non-hydrogen) atoms. The summed E-state index contributed by atoms with van der Waals surface area (Å²) in [7, 11) is 1.50. The molecule has 4 aromatic rings. The average Bonchev–Trinajstić information content (AvgIpc) is 3.41. The van der Waals surface area contributed by atoms with Gasteiger partial charge in [-0.2, -0.15) is 10.2 Å². The van der Waals surface area contributed by atoms with Gasteiger partial charge in [0.2, 0.25) is 5.43 Å². The fraction of sp³-hybridized carbons (Fsp3) is 0.120. The third kappa shape index (κ3) is 5.86. The SMILES string of the molecule is COc1cc(-n2cccn2)ccc1-n1ccc(=O)c(/C(Nc2cccc(OC(F)(F)F)c2)=C(\C)C=N)n1. The second-order valence-electron chi connectivity index (χ2n) is 7.68. The van der Waals surface area contributed by atoms with Crippen molar-refractivity contribution in [2.45, 2.75) is 13.3 Å². The van der Waals surface area contributed by atoms with Gasteiger partial charge in [0.1, 0.15) is 17.2 Å². The normalized spacial score (nSPS) is 12.0. The highest BCUT2D eigenvalue weighted by Crippen LogP contribution is 2.28. The summed E-state index contributed by atoms with van der Waals surface area (Å²) < 4.78 is 50.6. The van der Waals surface area contributed by atoms with Gasteiger partial charge in [-0.15, -0.1) is 13.2 Å². The molecule has 0 atom stereocenters. The first-order valence-electron chi connectivity index (χ1n) is 10.8. The number of halogens is 3. The lowest BCUT2D eigenvalue weighted by Gasteiger charge is -2.16. The summed E-state index contributed by atoms with van der Waals surface area (Å²) >= 11 is 0. The summed E-state index contributed by atoms with van der Waals surface area (Å²) in [6.07, 6.45) is 1.04. The Hall–Kier alpha value is -4.87. The number of alkyl halides is 3. The zero-order valence-corrected chi connectivity index (χ0v) is 19.7.